The van der Waals surface area contributed by atoms with Gasteiger partial charge in [-0.1, -0.05) is 32.3 Å². The van der Waals surface area contributed by atoms with Gasteiger partial charge in [0.15, 0.2) is 0 Å². The molecule has 0 bridgehead atoms. The fraction of sp³-hybridized carbons (Fsp3) is 0.667. The van der Waals surface area contributed by atoms with E-state index < -0.39 is 11.0 Å². The summed E-state index contributed by atoms with van der Waals surface area (Å²) in [6, 6.07) is 6.35. The predicted molar refractivity (Wildman–Crippen MR) is 74.2 cm³/mol. The molecule has 0 radical (unpaired) electrons. The molecule has 98 valence electrons. The van der Waals surface area contributed by atoms with Crippen LogP contribution in [0.1, 0.15) is 50.8 Å². The van der Waals surface area contributed by atoms with Crippen LogP contribution >= 0.6 is 11.3 Å². The number of hydrogen-bond donors (Lipinski definition) is 1. The third kappa shape index (κ3) is 2.08. The Balaban J connectivity index is 2.35. The zero-order chi connectivity index (χ0) is 13.2. The summed E-state index contributed by atoms with van der Waals surface area (Å²) in [5.74, 6) is 0.574. The van der Waals surface area contributed by atoms with Gasteiger partial charge in [-0.2, -0.15) is 5.26 Å². The molecule has 2 nitrogen and oxygen atoms in total. The summed E-state index contributed by atoms with van der Waals surface area (Å²) < 4.78 is 0. The Hall–Kier alpha value is -0.850. The van der Waals surface area contributed by atoms with Crippen molar-refractivity contribution in [2.45, 2.75) is 51.6 Å². The second-order valence-corrected chi connectivity index (χ2v) is 6.56. The normalized spacial score (nSPS) is 31.6. The lowest BCUT2D eigenvalue weighted by atomic mass is 9.61. The van der Waals surface area contributed by atoms with Crippen LogP contribution in [0.2, 0.25) is 0 Å². The van der Waals surface area contributed by atoms with Crippen molar-refractivity contribution < 1.29 is 5.11 Å². The zero-order valence-corrected chi connectivity index (χ0v) is 12.0. The summed E-state index contributed by atoms with van der Waals surface area (Å²) in [4.78, 5) is 0.917. The fourth-order valence-electron chi connectivity index (χ4n) is 3.18. The van der Waals surface area contributed by atoms with Crippen molar-refractivity contribution in [3.8, 4) is 6.07 Å². The van der Waals surface area contributed by atoms with E-state index in [1.54, 1.807) is 11.3 Å². The Bertz CT molecular complexity index is 432. The van der Waals surface area contributed by atoms with Crippen molar-refractivity contribution in [2.24, 2.45) is 11.3 Å². The topological polar surface area (TPSA) is 44.0 Å². The Kier molecular flexibility index (Phi) is 3.79. The molecule has 3 unspecified atom stereocenters. The Morgan fingerprint density at radius 1 is 1.67 bits per heavy atom. The molecule has 1 aliphatic carbocycles. The van der Waals surface area contributed by atoms with Gasteiger partial charge < -0.3 is 5.11 Å². The SMILES string of the molecule is CCC1CCCC(C#N)(C(C)(O)c2cccs2)C1. The quantitative estimate of drug-likeness (QED) is 0.893. The molecule has 1 fully saturated rings. The Labute approximate surface area is 113 Å². The van der Waals surface area contributed by atoms with E-state index in [2.05, 4.69) is 13.0 Å². The van der Waals surface area contributed by atoms with Gasteiger partial charge in [-0.25, -0.2) is 0 Å². The van der Waals surface area contributed by atoms with Gasteiger partial charge in [-0.05, 0) is 37.1 Å². The molecule has 1 saturated carbocycles. The molecule has 3 heteroatoms. The number of hydrogen-bond acceptors (Lipinski definition) is 3. The van der Waals surface area contributed by atoms with Crippen LogP contribution in [-0.2, 0) is 5.60 Å². The number of aliphatic hydroxyl groups is 1. The summed E-state index contributed by atoms with van der Waals surface area (Å²) >= 11 is 1.55. The first-order chi connectivity index (χ1) is 8.55. The molecule has 1 aromatic rings. The zero-order valence-electron chi connectivity index (χ0n) is 11.1. The van der Waals surface area contributed by atoms with Gasteiger partial charge >= 0.3 is 0 Å². The molecule has 0 aliphatic heterocycles. The number of nitriles is 1. The molecule has 0 amide bonds. The maximum Gasteiger partial charge on any atom is 0.114 e. The average molecular weight is 263 g/mol. The first-order valence-corrected chi connectivity index (χ1v) is 7.61. The Morgan fingerprint density at radius 2 is 2.44 bits per heavy atom. The second kappa shape index (κ2) is 5.03. The van der Waals surface area contributed by atoms with Crippen LogP contribution in [0.3, 0.4) is 0 Å². The van der Waals surface area contributed by atoms with Crippen LogP contribution in [0, 0.1) is 22.7 Å². The minimum Gasteiger partial charge on any atom is -0.383 e. The number of rotatable bonds is 3. The van der Waals surface area contributed by atoms with Gasteiger partial charge in [0.1, 0.15) is 5.60 Å². The van der Waals surface area contributed by atoms with Gasteiger partial charge in [0.25, 0.3) is 0 Å². The van der Waals surface area contributed by atoms with E-state index in [0.29, 0.717) is 5.92 Å². The average Bonchev–Trinajstić information content (AvgIpc) is 2.93. The second-order valence-electron chi connectivity index (χ2n) is 5.61. The summed E-state index contributed by atoms with van der Waals surface area (Å²) in [6.07, 6.45) is 4.98. The highest BCUT2D eigenvalue weighted by atomic mass is 32.1. The molecule has 18 heavy (non-hydrogen) atoms. The number of thiophene rings is 1. The molecule has 0 saturated heterocycles. The lowest BCUT2D eigenvalue weighted by Crippen LogP contribution is -2.45. The van der Waals surface area contributed by atoms with Gasteiger partial charge in [0.05, 0.1) is 11.5 Å². The van der Waals surface area contributed by atoms with Crippen molar-refractivity contribution in [3.05, 3.63) is 22.4 Å². The van der Waals surface area contributed by atoms with Crippen molar-refractivity contribution in [1.29, 1.82) is 5.26 Å². The monoisotopic (exact) mass is 263 g/mol. The molecule has 1 aromatic heterocycles. The number of nitrogens with zero attached hydrogens (tertiary/aromatic N) is 1. The highest BCUT2D eigenvalue weighted by Gasteiger charge is 2.51. The molecule has 0 spiro atoms. The summed E-state index contributed by atoms with van der Waals surface area (Å²) in [5.41, 5.74) is -1.64. The smallest absolute Gasteiger partial charge is 0.114 e. The maximum absolute atomic E-state index is 11.0. The third-order valence-corrected chi connectivity index (χ3v) is 5.66. The van der Waals surface area contributed by atoms with Crippen LogP contribution in [0.15, 0.2) is 17.5 Å². The van der Waals surface area contributed by atoms with Gasteiger partial charge in [0, 0.05) is 4.88 Å². The molecular weight excluding hydrogens is 242 g/mol. The first kappa shape index (κ1) is 13.6. The third-order valence-electron chi connectivity index (χ3n) is 4.58. The predicted octanol–water partition coefficient (Wildman–Crippen LogP) is 4.07. The molecule has 0 aromatic carbocycles. The van der Waals surface area contributed by atoms with E-state index >= 15 is 0 Å². The van der Waals surface area contributed by atoms with Crippen molar-refractivity contribution >= 4 is 11.3 Å². The van der Waals surface area contributed by atoms with Crippen molar-refractivity contribution in [1.82, 2.24) is 0 Å². The molecule has 1 N–H and O–H groups in total. The molecule has 3 atom stereocenters. The molecule has 2 rings (SSSR count). The van der Waals surface area contributed by atoms with E-state index in [-0.39, 0.29) is 0 Å². The van der Waals surface area contributed by atoms with Crippen LogP contribution in [0.25, 0.3) is 0 Å². The highest BCUT2D eigenvalue weighted by Crippen LogP contribution is 2.52. The summed E-state index contributed by atoms with van der Waals surface area (Å²) in [6.45, 7) is 4.00. The van der Waals surface area contributed by atoms with Gasteiger partial charge in [-0.3, -0.25) is 0 Å². The standard InChI is InChI=1S/C15H21NOS/c1-3-12-6-4-8-15(10-12,11-16)14(2,17)13-7-5-9-18-13/h5,7,9,12,17H,3-4,6,8,10H2,1-2H3. The molecule has 1 heterocycles. The van der Waals surface area contributed by atoms with E-state index in [0.717, 1.165) is 30.6 Å². The minimum atomic E-state index is -1.02. The van der Waals surface area contributed by atoms with Crippen molar-refractivity contribution in [2.75, 3.05) is 0 Å². The molecular formula is C15H21NOS. The van der Waals surface area contributed by atoms with Gasteiger partial charge in [-0.15, -0.1) is 11.3 Å². The highest BCUT2D eigenvalue weighted by molar-refractivity contribution is 7.10. The fourth-order valence-corrected chi connectivity index (χ4v) is 4.07. The van der Waals surface area contributed by atoms with Crippen LogP contribution in [0.5, 0.6) is 0 Å². The summed E-state index contributed by atoms with van der Waals surface area (Å²) in [5, 5.41) is 22.6. The minimum absolute atomic E-state index is 0.574. The summed E-state index contributed by atoms with van der Waals surface area (Å²) in [7, 11) is 0. The van der Waals surface area contributed by atoms with E-state index in [1.807, 2.05) is 24.4 Å². The Morgan fingerprint density at radius 3 is 3.00 bits per heavy atom. The van der Waals surface area contributed by atoms with Crippen molar-refractivity contribution in [3.63, 3.8) is 0 Å². The van der Waals surface area contributed by atoms with Crippen LogP contribution in [0.4, 0.5) is 0 Å². The lowest BCUT2D eigenvalue weighted by molar-refractivity contribution is -0.0710. The molecule has 1 aliphatic rings. The van der Waals surface area contributed by atoms with Crippen LogP contribution in [-0.4, -0.2) is 5.11 Å². The van der Waals surface area contributed by atoms with Crippen LogP contribution < -0.4 is 0 Å². The maximum atomic E-state index is 11.0. The van der Waals surface area contributed by atoms with E-state index in [9.17, 15) is 10.4 Å². The van der Waals surface area contributed by atoms with E-state index in [1.165, 1.54) is 6.42 Å². The van der Waals surface area contributed by atoms with Gasteiger partial charge in [0.2, 0.25) is 0 Å². The lowest BCUT2D eigenvalue weighted by Gasteiger charge is -2.44. The largest absolute Gasteiger partial charge is 0.383 e. The van der Waals surface area contributed by atoms with E-state index in [4.69, 9.17) is 0 Å². The first-order valence-electron chi connectivity index (χ1n) is 6.73.